The van der Waals surface area contributed by atoms with E-state index in [9.17, 15) is 4.79 Å². The van der Waals surface area contributed by atoms with Crippen molar-refractivity contribution >= 4 is 5.97 Å². The molecule has 0 amide bonds. The molecule has 1 unspecified atom stereocenters. The van der Waals surface area contributed by atoms with E-state index in [1.165, 1.54) is 7.11 Å². The minimum absolute atomic E-state index is 0.347. The molecule has 0 saturated carbocycles. The maximum absolute atomic E-state index is 11.4. The van der Waals surface area contributed by atoms with Crippen molar-refractivity contribution in [1.29, 1.82) is 0 Å². The summed E-state index contributed by atoms with van der Waals surface area (Å²) in [6.45, 7) is 5.87. The monoisotopic (exact) mass is 189 g/mol. The van der Waals surface area contributed by atoms with Crippen LogP contribution in [0.25, 0.3) is 0 Å². The molecule has 0 rings (SSSR count). The van der Waals surface area contributed by atoms with Gasteiger partial charge in [-0.25, -0.2) is 4.79 Å². The van der Waals surface area contributed by atoms with E-state index in [2.05, 4.69) is 0 Å². The standard InChI is InChI=1S/C9H19NO3/c1-9(2,3)13-8(11)7(12-4)5-6-10/h7H,5-6,10H2,1-4H3. The number of rotatable bonds is 4. The van der Waals surface area contributed by atoms with Gasteiger partial charge in [0.05, 0.1) is 0 Å². The maximum Gasteiger partial charge on any atom is 0.335 e. The van der Waals surface area contributed by atoms with Crippen molar-refractivity contribution in [3.63, 3.8) is 0 Å². The Balaban J connectivity index is 4.06. The Labute approximate surface area is 79.4 Å². The van der Waals surface area contributed by atoms with Crippen LogP contribution >= 0.6 is 0 Å². The fraction of sp³-hybridized carbons (Fsp3) is 0.889. The molecule has 0 aliphatic carbocycles. The van der Waals surface area contributed by atoms with Gasteiger partial charge in [0.25, 0.3) is 0 Å². The second-order valence-corrected chi connectivity index (χ2v) is 3.84. The molecule has 2 N–H and O–H groups in total. The first-order chi connectivity index (χ1) is 5.90. The topological polar surface area (TPSA) is 61.5 Å². The Hall–Kier alpha value is -0.610. The molecule has 0 spiro atoms. The van der Waals surface area contributed by atoms with Crippen LogP contribution in [0.3, 0.4) is 0 Å². The molecule has 4 heteroatoms. The van der Waals surface area contributed by atoms with Gasteiger partial charge in [0, 0.05) is 7.11 Å². The zero-order valence-corrected chi connectivity index (χ0v) is 8.79. The fourth-order valence-corrected chi connectivity index (χ4v) is 0.851. The third-order valence-corrected chi connectivity index (χ3v) is 1.38. The number of esters is 1. The van der Waals surface area contributed by atoms with Crippen molar-refractivity contribution in [1.82, 2.24) is 0 Å². The summed E-state index contributed by atoms with van der Waals surface area (Å²) in [4.78, 5) is 11.4. The van der Waals surface area contributed by atoms with Gasteiger partial charge < -0.3 is 15.2 Å². The molecule has 78 valence electrons. The zero-order valence-electron chi connectivity index (χ0n) is 8.79. The molecule has 0 bridgehead atoms. The van der Waals surface area contributed by atoms with Crippen LogP contribution in [-0.4, -0.2) is 31.3 Å². The lowest BCUT2D eigenvalue weighted by atomic mass is 10.2. The lowest BCUT2D eigenvalue weighted by Gasteiger charge is -2.22. The van der Waals surface area contributed by atoms with E-state index in [4.69, 9.17) is 15.2 Å². The molecule has 0 fully saturated rings. The average Bonchev–Trinajstić information content (AvgIpc) is 1.96. The fourth-order valence-electron chi connectivity index (χ4n) is 0.851. The molecular weight excluding hydrogens is 170 g/mol. The SMILES string of the molecule is COC(CCN)C(=O)OC(C)(C)C. The molecule has 1 atom stereocenters. The van der Waals surface area contributed by atoms with Gasteiger partial charge in [0.15, 0.2) is 6.10 Å². The summed E-state index contributed by atoms with van der Waals surface area (Å²) in [5.41, 5.74) is 4.85. The molecule has 0 aliphatic heterocycles. The van der Waals surface area contributed by atoms with Crippen LogP contribution in [0.5, 0.6) is 0 Å². The van der Waals surface area contributed by atoms with Gasteiger partial charge >= 0.3 is 5.97 Å². The number of carbonyl (C=O) groups is 1. The van der Waals surface area contributed by atoms with E-state index < -0.39 is 11.7 Å². The molecule has 0 aromatic carbocycles. The van der Waals surface area contributed by atoms with Gasteiger partial charge in [-0.05, 0) is 33.7 Å². The molecule has 0 saturated heterocycles. The number of carbonyl (C=O) groups excluding carboxylic acids is 1. The maximum atomic E-state index is 11.4. The van der Waals surface area contributed by atoms with Crippen LogP contribution in [0.4, 0.5) is 0 Å². The minimum atomic E-state index is -0.538. The highest BCUT2D eigenvalue weighted by Crippen LogP contribution is 2.10. The lowest BCUT2D eigenvalue weighted by Crippen LogP contribution is -2.34. The van der Waals surface area contributed by atoms with Crippen molar-refractivity contribution in [3.8, 4) is 0 Å². The van der Waals surface area contributed by atoms with E-state index in [1.54, 1.807) is 0 Å². The van der Waals surface area contributed by atoms with Crippen molar-refractivity contribution < 1.29 is 14.3 Å². The van der Waals surface area contributed by atoms with E-state index in [0.717, 1.165) is 0 Å². The molecule has 0 radical (unpaired) electrons. The van der Waals surface area contributed by atoms with E-state index in [1.807, 2.05) is 20.8 Å². The van der Waals surface area contributed by atoms with Crippen LogP contribution in [0.2, 0.25) is 0 Å². The molecular formula is C9H19NO3. The summed E-state index contributed by atoms with van der Waals surface area (Å²) in [5.74, 6) is -0.347. The number of ether oxygens (including phenoxy) is 2. The van der Waals surface area contributed by atoms with Gasteiger partial charge in [-0.3, -0.25) is 0 Å². The summed E-state index contributed by atoms with van der Waals surface area (Å²) in [5, 5.41) is 0. The molecule has 0 aromatic rings. The van der Waals surface area contributed by atoms with Crippen LogP contribution in [-0.2, 0) is 14.3 Å². The Morgan fingerprint density at radius 1 is 1.46 bits per heavy atom. The average molecular weight is 189 g/mol. The van der Waals surface area contributed by atoms with Gasteiger partial charge in [0.1, 0.15) is 5.60 Å². The van der Waals surface area contributed by atoms with Crippen molar-refractivity contribution in [2.75, 3.05) is 13.7 Å². The van der Waals surface area contributed by atoms with E-state index >= 15 is 0 Å². The third-order valence-electron chi connectivity index (χ3n) is 1.38. The molecule has 4 nitrogen and oxygen atoms in total. The number of hydrogen-bond acceptors (Lipinski definition) is 4. The molecule has 0 aromatic heterocycles. The predicted molar refractivity (Wildman–Crippen MR) is 50.3 cm³/mol. The zero-order chi connectivity index (χ0) is 10.5. The van der Waals surface area contributed by atoms with Crippen molar-refractivity contribution in [2.24, 2.45) is 5.73 Å². The summed E-state index contributed by atoms with van der Waals surface area (Å²) < 4.78 is 10.1. The van der Waals surface area contributed by atoms with Gasteiger partial charge in [-0.2, -0.15) is 0 Å². The van der Waals surface area contributed by atoms with Gasteiger partial charge in [-0.1, -0.05) is 0 Å². The Bertz CT molecular complexity index is 163. The van der Waals surface area contributed by atoms with Crippen molar-refractivity contribution in [3.05, 3.63) is 0 Å². The highest BCUT2D eigenvalue weighted by Gasteiger charge is 2.23. The summed E-state index contributed by atoms with van der Waals surface area (Å²) in [6.07, 6.45) is -0.0463. The Morgan fingerprint density at radius 3 is 2.31 bits per heavy atom. The molecule has 13 heavy (non-hydrogen) atoms. The summed E-state index contributed by atoms with van der Waals surface area (Å²) >= 11 is 0. The van der Waals surface area contributed by atoms with Gasteiger partial charge in [0.2, 0.25) is 0 Å². The second kappa shape index (κ2) is 5.19. The van der Waals surface area contributed by atoms with Gasteiger partial charge in [-0.15, -0.1) is 0 Å². The largest absolute Gasteiger partial charge is 0.458 e. The normalized spacial score (nSPS) is 13.9. The summed E-state index contributed by atoms with van der Waals surface area (Å²) in [6, 6.07) is 0. The van der Waals surface area contributed by atoms with Crippen LogP contribution in [0.1, 0.15) is 27.2 Å². The minimum Gasteiger partial charge on any atom is -0.458 e. The smallest absolute Gasteiger partial charge is 0.335 e. The number of hydrogen-bond donors (Lipinski definition) is 1. The van der Waals surface area contributed by atoms with Crippen LogP contribution < -0.4 is 5.73 Å². The molecule has 0 heterocycles. The predicted octanol–water partition coefficient (Wildman–Crippen LogP) is 0.692. The number of methoxy groups -OCH3 is 1. The van der Waals surface area contributed by atoms with Crippen LogP contribution in [0.15, 0.2) is 0 Å². The van der Waals surface area contributed by atoms with E-state index in [0.29, 0.717) is 13.0 Å². The first kappa shape index (κ1) is 12.4. The van der Waals surface area contributed by atoms with Crippen LogP contribution in [0, 0.1) is 0 Å². The van der Waals surface area contributed by atoms with E-state index in [-0.39, 0.29) is 5.97 Å². The number of nitrogens with two attached hydrogens (primary N) is 1. The lowest BCUT2D eigenvalue weighted by molar-refractivity contribution is -0.167. The highest BCUT2D eigenvalue weighted by molar-refractivity contribution is 5.75. The van der Waals surface area contributed by atoms with Crippen molar-refractivity contribution in [2.45, 2.75) is 38.9 Å². The first-order valence-electron chi connectivity index (χ1n) is 4.36. The summed E-state index contributed by atoms with van der Waals surface area (Å²) in [7, 11) is 1.48. The first-order valence-corrected chi connectivity index (χ1v) is 4.36. The molecule has 0 aliphatic rings. The Kier molecular flexibility index (Phi) is 4.95. The quantitative estimate of drug-likeness (QED) is 0.661. The third kappa shape index (κ3) is 5.60. The highest BCUT2D eigenvalue weighted by atomic mass is 16.6. The second-order valence-electron chi connectivity index (χ2n) is 3.84. The Morgan fingerprint density at radius 2 is 2.00 bits per heavy atom.